The average Bonchev–Trinajstić information content (AvgIpc) is 3.01. The Morgan fingerprint density at radius 3 is 2.95 bits per heavy atom. The number of halogens is 1. The fourth-order valence-corrected chi connectivity index (χ4v) is 3.77. The minimum atomic E-state index is 0.374. The maximum Gasteiger partial charge on any atom is 0.161 e. The zero-order valence-electron chi connectivity index (χ0n) is 10.6. The Labute approximate surface area is 125 Å². The number of hydrogen-bond donors (Lipinski definition) is 1. The minimum absolute atomic E-state index is 0.374. The van der Waals surface area contributed by atoms with Crippen molar-refractivity contribution in [1.82, 2.24) is 8.75 Å². The molecular formula is C12H13ClN4S2. The van der Waals surface area contributed by atoms with Gasteiger partial charge in [-0.15, -0.1) is 0 Å². The number of hydrogen-bond acceptors (Lipinski definition) is 6. The third kappa shape index (κ3) is 2.57. The number of benzene rings is 1. The van der Waals surface area contributed by atoms with Gasteiger partial charge < -0.3 is 5.32 Å². The molecule has 4 nitrogen and oxygen atoms in total. The molecule has 19 heavy (non-hydrogen) atoms. The van der Waals surface area contributed by atoms with Gasteiger partial charge in [0.1, 0.15) is 11.0 Å². The van der Waals surface area contributed by atoms with E-state index in [0.29, 0.717) is 17.0 Å². The van der Waals surface area contributed by atoms with E-state index in [4.69, 9.17) is 11.6 Å². The molecule has 0 saturated heterocycles. The molecule has 1 aromatic heterocycles. The third-order valence-corrected chi connectivity index (χ3v) is 4.90. The quantitative estimate of drug-likeness (QED) is 0.914. The van der Waals surface area contributed by atoms with Crippen LogP contribution in [0.3, 0.4) is 0 Å². The smallest absolute Gasteiger partial charge is 0.161 e. The van der Waals surface area contributed by atoms with Gasteiger partial charge >= 0.3 is 0 Å². The van der Waals surface area contributed by atoms with Crippen LogP contribution in [0.4, 0.5) is 5.69 Å². The molecule has 100 valence electrons. The molecule has 0 fully saturated rings. The lowest BCUT2D eigenvalue weighted by Crippen LogP contribution is -2.12. The fourth-order valence-electron chi connectivity index (χ4n) is 1.85. The first-order chi connectivity index (χ1) is 9.15. The average molecular weight is 313 g/mol. The van der Waals surface area contributed by atoms with E-state index in [1.807, 2.05) is 12.1 Å². The van der Waals surface area contributed by atoms with E-state index in [-0.39, 0.29) is 0 Å². The lowest BCUT2D eigenvalue weighted by atomic mass is 10.1. The summed E-state index contributed by atoms with van der Waals surface area (Å²) < 4.78 is 8.52. The highest BCUT2D eigenvalue weighted by atomic mass is 35.5. The number of nitrogens with zero attached hydrogens (tertiary/aromatic N) is 3. The molecule has 0 saturated carbocycles. The van der Waals surface area contributed by atoms with E-state index in [1.54, 1.807) is 11.8 Å². The maximum absolute atomic E-state index is 6.25. The molecule has 7 heteroatoms. The van der Waals surface area contributed by atoms with E-state index in [1.165, 1.54) is 11.7 Å². The first-order valence-electron chi connectivity index (χ1n) is 6.03. The molecule has 0 radical (unpaired) electrons. The molecule has 1 aromatic carbocycles. The van der Waals surface area contributed by atoms with Crippen molar-refractivity contribution in [2.24, 2.45) is 10.9 Å². The van der Waals surface area contributed by atoms with E-state index >= 15 is 0 Å². The number of rotatable bonds is 2. The molecule has 1 atom stereocenters. The van der Waals surface area contributed by atoms with Crippen molar-refractivity contribution in [3.05, 3.63) is 17.2 Å². The van der Waals surface area contributed by atoms with Gasteiger partial charge in [-0.05, 0) is 18.1 Å². The largest absolute Gasteiger partial charge is 0.332 e. The number of aromatic nitrogens is 2. The van der Waals surface area contributed by atoms with Crippen LogP contribution >= 0.6 is 35.1 Å². The van der Waals surface area contributed by atoms with Gasteiger partial charge in [-0.3, -0.25) is 4.99 Å². The first-order valence-corrected chi connectivity index (χ1v) is 8.13. The molecule has 2 aromatic rings. The van der Waals surface area contributed by atoms with Gasteiger partial charge in [-0.1, -0.05) is 37.2 Å². The van der Waals surface area contributed by atoms with Gasteiger partial charge in [0.2, 0.25) is 0 Å². The van der Waals surface area contributed by atoms with Crippen LogP contribution in [0.1, 0.15) is 13.8 Å². The standard InChI is InChI=1S/C12H13ClN4S2/c1-6(2)9-5-18-12(14-9)15-10-7(13)3-4-8-11(10)17-19-16-8/h3-4,6,9H,5H2,1-2H3,(H,14,15). The zero-order chi connectivity index (χ0) is 13.4. The zero-order valence-corrected chi connectivity index (χ0v) is 12.9. The number of aliphatic imine (C=N–C) groups is 1. The summed E-state index contributed by atoms with van der Waals surface area (Å²) >= 11 is 9.17. The van der Waals surface area contributed by atoms with E-state index in [9.17, 15) is 0 Å². The van der Waals surface area contributed by atoms with Crippen molar-refractivity contribution in [1.29, 1.82) is 0 Å². The van der Waals surface area contributed by atoms with Crippen molar-refractivity contribution < 1.29 is 0 Å². The Morgan fingerprint density at radius 1 is 1.37 bits per heavy atom. The molecule has 3 rings (SSSR count). The predicted octanol–water partition coefficient (Wildman–Crippen LogP) is 3.88. The molecule has 1 unspecified atom stereocenters. The molecule has 1 aliphatic rings. The topological polar surface area (TPSA) is 50.2 Å². The van der Waals surface area contributed by atoms with Gasteiger partial charge in [-0.25, -0.2) is 0 Å². The van der Waals surface area contributed by atoms with Crippen LogP contribution in [-0.2, 0) is 0 Å². The SMILES string of the molecule is CC(C)C1CSC(Nc2c(Cl)ccc3nsnc23)=N1. The van der Waals surface area contributed by atoms with Crippen LogP contribution in [0.15, 0.2) is 17.1 Å². The van der Waals surface area contributed by atoms with Crippen LogP contribution in [-0.4, -0.2) is 25.7 Å². The van der Waals surface area contributed by atoms with Crippen LogP contribution < -0.4 is 5.32 Å². The van der Waals surface area contributed by atoms with Crippen molar-refractivity contribution >= 4 is 57.0 Å². The summed E-state index contributed by atoms with van der Waals surface area (Å²) in [7, 11) is 0. The number of fused-ring (bicyclic) bond motifs is 1. The monoisotopic (exact) mass is 312 g/mol. The highest BCUT2D eigenvalue weighted by Gasteiger charge is 2.22. The predicted molar refractivity (Wildman–Crippen MR) is 84.6 cm³/mol. The van der Waals surface area contributed by atoms with Gasteiger partial charge in [0.25, 0.3) is 0 Å². The Balaban J connectivity index is 1.92. The van der Waals surface area contributed by atoms with E-state index in [0.717, 1.165) is 27.6 Å². The Bertz CT molecular complexity index is 638. The van der Waals surface area contributed by atoms with Crippen LogP contribution in [0.25, 0.3) is 11.0 Å². The Kier molecular flexibility index (Phi) is 3.64. The molecule has 0 bridgehead atoms. The summed E-state index contributed by atoms with van der Waals surface area (Å²) in [5.41, 5.74) is 2.48. The van der Waals surface area contributed by atoms with Gasteiger partial charge in [0.05, 0.1) is 28.5 Å². The van der Waals surface area contributed by atoms with Crippen LogP contribution in [0.5, 0.6) is 0 Å². The molecule has 1 aliphatic heterocycles. The third-order valence-electron chi connectivity index (χ3n) is 3.05. The lowest BCUT2D eigenvalue weighted by molar-refractivity contribution is 0.543. The first kappa shape index (κ1) is 13.1. The summed E-state index contributed by atoms with van der Waals surface area (Å²) in [6, 6.07) is 4.10. The molecule has 0 spiro atoms. The Hall–Kier alpha value is -0.850. The summed E-state index contributed by atoms with van der Waals surface area (Å²) in [5.74, 6) is 1.57. The number of thioether (sulfide) groups is 1. The van der Waals surface area contributed by atoms with Crippen molar-refractivity contribution in [3.8, 4) is 0 Å². The van der Waals surface area contributed by atoms with Gasteiger partial charge in [0.15, 0.2) is 5.17 Å². The second-order valence-electron chi connectivity index (χ2n) is 4.74. The fraction of sp³-hybridized carbons (Fsp3) is 0.417. The number of amidine groups is 1. The second kappa shape index (κ2) is 5.26. The maximum atomic E-state index is 6.25. The summed E-state index contributed by atoms with van der Waals surface area (Å²) in [6.45, 7) is 4.38. The normalized spacial score (nSPS) is 19.2. The summed E-state index contributed by atoms with van der Waals surface area (Å²) in [4.78, 5) is 4.68. The number of anilines is 1. The van der Waals surface area contributed by atoms with Gasteiger partial charge in [0, 0.05) is 5.75 Å². The number of nitrogens with one attached hydrogen (secondary N) is 1. The van der Waals surface area contributed by atoms with Crippen LogP contribution in [0, 0.1) is 5.92 Å². The second-order valence-corrected chi connectivity index (χ2v) is 6.68. The van der Waals surface area contributed by atoms with E-state index in [2.05, 4.69) is 32.9 Å². The summed E-state index contributed by atoms with van der Waals surface area (Å²) in [6.07, 6.45) is 0. The molecular weight excluding hydrogens is 300 g/mol. The minimum Gasteiger partial charge on any atom is -0.332 e. The lowest BCUT2D eigenvalue weighted by Gasteiger charge is -2.08. The van der Waals surface area contributed by atoms with Crippen molar-refractivity contribution in [2.75, 3.05) is 11.1 Å². The van der Waals surface area contributed by atoms with Crippen molar-refractivity contribution in [3.63, 3.8) is 0 Å². The Morgan fingerprint density at radius 2 is 2.21 bits per heavy atom. The molecule has 1 N–H and O–H groups in total. The van der Waals surface area contributed by atoms with Crippen LogP contribution in [0.2, 0.25) is 5.02 Å². The molecule has 2 heterocycles. The van der Waals surface area contributed by atoms with E-state index < -0.39 is 0 Å². The van der Waals surface area contributed by atoms with Crippen molar-refractivity contribution in [2.45, 2.75) is 19.9 Å². The van der Waals surface area contributed by atoms with Gasteiger partial charge in [-0.2, -0.15) is 8.75 Å². The highest BCUT2D eigenvalue weighted by Crippen LogP contribution is 2.32. The molecule has 0 amide bonds. The summed E-state index contributed by atoms with van der Waals surface area (Å²) in [5, 5.41) is 4.88. The molecule has 0 aliphatic carbocycles. The highest BCUT2D eigenvalue weighted by molar-refractivity contribution is 8.14.